The van der Waals surface area contributed by atoms with Crippen molar-refractivity contribution in [3.05, 3.63) is 59.9 Å². The molecule has 0 saturated heterocycles. The Morgan fingerprint density at radius 1 is 1.16 bits per heavy atom. The minimum atomic E-state index is 0.0334. The highest BCUT2D eigenvalue weighted by Gasteiger charge is 2.09. The van der Waals surface area contributed by atoms with E-state index in [1.54, 1.807) is 6.20 Å². The van der Waals surface area contributed by atoms with Gasteiger partial charge in [0.2, 0.25) is 0 Å². The van der Waals surface area contributed by atoms with E-state index in [0.29, 0.717) is 6.61 Å². The van der Waals surface area contributed by atoms with Crippen LogP contribution in [0.1, 0.15) is 30.6 Å². The third-order valence-corrected chi connectivity index (χ3v) is 3.10. The quantitative estimate of drug-likeness (QED) is 0.864. The molecule has 3 heteroatoms. The molecule has 0 unspecified atom stereocenters. The highest BCUT2D eigenvalue weighted by atomic mass is 16.5. The number of hydrogen-bond donors (Lipinski definition) is 1. The van der Waals surface area contributed by atoms with Crippen LogP contribution >= 0.6 is 0 Å². The molecule has 0 amide bonds. The van der Waals surface area contributed by atoms with Gasteiger partial charge in [0.15, 0.2) is 0 Å². The highest BCUT2D eigenvalue weighted by Crippen LogP contribution is 2.25. The second-order valence-corrected chi connectivity index (χ2v) is 4.47. The first-order valence-corrected chi connectivity index (χ1v) is 6.68. The molecule has 0 aliphatic rings. The summed E-state index contributed by atoms with van der Waals surface area (Å²) in [6, 6.07) is 13.9. The van der Waals surface area contributed by atoms with Crippen molar-refractivity contribution in [2.75, 3.05) is 6.61 Å². The average Bonchev–Trinajstić information content (AvgIpc) is 2.48. The fourth-order valence-electron chi connectivity index (χ4n) is 1.95. The van der Waals surface area contributed by atoms with E-state index >= 15 is 0 Å². The highest BCUT2D eigenvalue weighted by molar-refractivity contribution is 5.35. The zero-order valence-electron chi connectivity index (χ0n) is 11.3. The van der Waals surface area contributed by atoms with Crippen molar-refractivity contribution < 1.29 is 4.74 Å². The number of rotatable bonds is 6. The molecule has 1 aromatic carbocycles. The molecule has 19 heavy (non-hydrogen) atoms. The van der Waals surface area contributed by atoms with Gasteiger partial charge in [-0.05, 0) is 24.6 Å². The van der Waals surface area contributed by atoms with Gasteiger partial charge in [0, 0.05) is 29.9 Å². The zero-order chi connectivity index (χ0) is 13.5. The third kappa shape index (κ3) is 3.80. The Kier molecular flexibility index (Phi) is 4.93. The molecule has 0 aliphatic carbocycles. The fourth-order valence-corrected chi connectivity index (χ4v) is 1.95. The van der Waals surface area contributed by atoms with E-state index in [1.165, 1.54) is 0 Å². The van der Waals surface area contributed by atoms with Crippen LogP contribution < -0.4 is 10.5 Å². The van der Waals surface area contributed by atoms with E-state index < -0.39 is 0 Å². The monoisotopic (exact) mass is 256 g/mol. The predicted octanol–water partition coefficient (Wildman–Crippen LogP) is 3.11. The van der Waals surface area contributed by atoms with Gasteiger partial charge in [0.1, 0.15) is 5.75 Å². The molecule has 100 valence electrons. The predicted molar refractivity (Wildman–Crippen MR) is 77.1 cm³/mol. The largest absolute Gasteiger partial charge is 0.493 e. The first-order valence-electron chi connectivity index (χ1n) is 6.68. The molecule has 1 atom stereocenters. The lowest BCUT2D eigenvalue weighted by atomic mass is 10.0. The van der Waals surface area contributed by atoms with Crippen molar-refractivity contribution in [1.82, 2.24) is 4.98 Å². The number of para-hydroxylation sites is 1. The number of benzene rings is 1. The van der Waals surface area contributed by atoms with Crippen LogP contribution in [0.15, 0.2) is 48.7 Å². The Morgan fingerprint density at radius 3 is 2.68 bits per heavy atom. The Hall–Kier alpha value is -1.87. The number of nitrogens with two attached hydrogens (primary N) is 1. The normalized spacial score (nSPS) is 12.1. The molecule has 0 saturated carbocycles. The van der Waals surface area contributed by atoms with E-state index in [4.69, 9.17) is 10.5 Å². The van der Waals surface area contributed by atoms with Crippen LogP contribution in [0.5, 0.6) is 5.75 Å². The zero-order valence-corrected chi connectivity index (χ0v) is 11.3. The molecule has 0 aliphatic heterocycles. The Morgan fingerprint density at radius 2 is 1.95 bits per heavy atom. The average molecular weight is 256 g/mol. The van der Waals surface area contributed by atoms with Gasteiger partial charge in [0.25, 0.3) is 0 Å². The Labute approximate surface area is 114 Å². The summed E-state index contributed by atoms with van der Waals surface area (Å²) in [6.07, 6.45) is 3.51. The molecular weight excluding hydrogens is 236 g/mol. The van der Waals surface area contributed by atoms with Crippen LogP contribution in [-0.2, 0) is 6.42 Å². The maximum atomic E-state index is 6.09. The van der Waals surface area contributed by atoms with Gasteiger partial charge in [-0.3, -0.25) is 4.98 Å². The van der Waals surface area contributed by atoms with E-state index in [9.17, 15) is 0 Å². The first-order chi connectivity index (χ1) is 9.31. The Bertz CT molecular complexity index is 499. The van der Waals surface area contributed by atoms with Crippen LogP contribution in [0.2, 0.25) is 0 Å². The molecule has 1 aromatic heterocycles. The van der Waals surface area contributed by atoms with Gasteiger partial charge in [0.05, 0.1) is 6.61 Å². The SMILES string of the molecule is CC[C@@H](N)c1ccccc1OCCc1ccccn1. The van der Waals surface area contributed by atoms with Crippen molar-refractivity contribution in [2.45, 2.75) is 25.8 Å². The second-order valence-electron chi connectivity index (χ2n) is 4.47. The van der Waals surface area contributed by atoms with E-state index in [2.05, 4.69) is 11.9 Å². The standard InChI is InChI=1S/C16H20N2O/c1-2-15(17)14-8-3-4-9-16(14)19-12-10-13-7-5-6-11-18-13/h3-9,11,15H,2,10,12,17H2,1H3/t15-/m1/s1. The number of aromatic nitrogens is 1. The summed E-state index contributed by atoms with van der Waals surface area (Å²) in [5, 5.41) is 0. The van der Waals surface area contributed by atoms with Gasteiger partial charge >= 0.3 is 0 Å². The van der Waals surface area contributed by atoms with E-state index in [1.807, 2.05) is 42.5 Å². The van der Waals surface area contributed by atoms with Gasteiger partial charge < -0.3 is 10.5 Å². The van der Waals surface area contributed by atoms with Gasteiger partial charge in [-0.1, -0.05) is 31.2 Å². The van der Waals surface area contributed by atoms with Crippen LogP contribution in [0, 0.1) is 0 Å². The van der Waals surface area contributed by atoms with E-state index in [-0.39, 0.29) is 6.04 Å². The lowest BCUT2D eigenvalue weighted by Gasteiger charge is -2.15. The summed E-state index contributed by atoms with van der Waals surface area (Å²) in [5.74, 6) is 0.882. The molecule has 2 rings (SSSR count). The van der Waals surface area contributed by atoms with Crippen LogP contribution in [-0.4, -0.2) is 11.6 Å². The number of nitrogens with zero attached hydrogens (tertiary/aromatic N) is 1. The summed E-state index contributed by atoms with van der Waals surface area (Å²) >= 11 is 0. The molecule has 3 nitrogen and oxygen atoms in total. The minimum Gasteiger partial charge on any atom is -0.493 e. The fraction of sp³-hybridized carbons (Fsp3) is 0.312. The van der Waals surface area contributed by atoms with Crippen molar-refractivity contribution >= 4 is 0 Å². The molecule has 0 spiro atoms. The molecule has 1 heterocycles. The maximum absolute atomic E-state index is 6.09. The number of ether oxygens (including phenoxy) is 1. The van der Waals surface area contributed by atoms with Gasteiger partial charge in [-0.15, -0.1) is 0 Å². The lowest BCUT2D eigenvalue weighted by Crippen LogP contribution is -2.12. The summed E-state index contributed by atoms with van der Waals surface area (Å²) in [5.41, 5.74) is 8.20. The molecule has 0 bridgehead atoms. The Balaban J connectivity index is 1.96. The smallest absolute Gasteiger partial charge is 0.124 e. The summed E-state index contributed by atoms with van der Waals surface area (Å²) in [7, 11) is 0. The number of hydrogen-bond acceptors (Lipinski definition) is 3. The van der Waals surface area contributed by atoms with Crippen molar-refractivity contribution in [3.8, 4) is 5.75 Å². The second kappa shape index (κ2) is 6.90. The van der Waals surface area contributed by atoms with Crippen molar-refractivity contribution in [1.29, 1.82) is 0 Å². The molecule has 2 N–H and O–H groups in total. The van der Waals surface area contributed by atoms with Crippen LogP contribution in [0.3, 0.4) is 0 Å². The molecule has 0 fully saturated rings. The molecule has 2 aromatic rings. The third-order valence-electron chi connectivity index (χ3n) is 3.10. The first kappa shape index (κ1) is 13.6. The van der Waals surface area contributed by atoms with Crippen molar-refractivity contribution in [2.24, 2.45) is 5.73 Å². The summed E-state index contributed by atoms with van der Waals surface area (Å²) in [6.45, 7) is 2.69. The summed E-state index contributed by atoms with van der Waals surface area (Å²) < 4.78 is 5.84. The van der Waals surface area contributed by atoms with E-state index in [0.717, 1.165) is 29.8 Å². The lowest BCUT2D eigenvalue weighted by molar-refractivity contribution is 0.315. The topological polar surface area (TPSA) is 48.1 Å². The van der Waals surface area contributed by atoms with Gasteiger partial charge in [-0.2, -0.15) is 0 Å². The minimum absolute atomic E-state index is 0.0334. The maximum Gasteiger partial charge on any atom is 0.124 e. The van der Waals surface area contributed by atoms with Crippen molar-refractivity contribution in [3.63, 3.8) is 0 Å². The van der Waals surface area contributed by atoms with Crippen LogP contribution in [0.25, 0.3) is 0 Å². The van der Waals surface area contributed by atoms with Gasteiger partial charge in [-0.25, -0.2) is 0 Å². The molecular formula is C16H20N2O. The van der Waals surface area contributed by atoms with Crippen LogP contribution in [0.4, 0.5) is 0 Å². The number of pyridine rings is 1. The summed E-state index contributed by atoms with van der Waals surface area (Å²) in [4.78, 5) is 4.28. The molecule has 0 radical (unpaired) electrons.